The Balaban J connectivity index is 2.55. The van der Waals surface area contributed by atoms with E-state index in [1.807, 2.05) is 12.1 Å². The van der Waals surface area contributed by atoms with Gasteiger partial charge in [0, 0.05) is 10.6 Å². The zero-order valence-electron chi connectivity index (χ0n) is 7.74. The fourth-order valence-electron chi connectivity index (χ4n) is 1.37. The summed E-state index contributed by atoms with van der Waals surface area (Å²) in [5, 5.41) is 9.61. The van der Waals surface area contributed by atoms with Crippen molar-refractivity contribution in [2.75, 3.05) is 0 Å². The molecule has 0 aliphatic rings. The maximum absolute atomic E-state index is 13.1. The van der Waals surface area contributed by atoms with E-state index >= 15 is 0 Å². The monoisotopic (exact) mass is 222 g/mol. The van der Waals surface area contributed by atoms with Crippen LogP contribution in [0.5, 0.6) is 5.75 Å². The van der Waals surface area contributed by atoms with Crippen molar-refractivity contribution in [2.45, 2.75) is 0 Å². The van der Waals surface area contributed by atoms with Crippen LogP contribution in [0.15, 0.2) is 42.5 Å². The molecule has 0 spiro atoms. The zero-order chi connectivity index (χ0) is 10.8. The topological polar surface area (TPSA) is 20.2 Å². The number of aromatic hydroxyl groups is 1. The summed E-state index contributed by atoms with van der Waals surface area (Å²) in [6, 6.07) is 11.4. The van der Waals surface area contributed by atoms with Crippen molar-refractivity contribution in [1.29, 1.82) is 0 Å². The molecule has 0 heterocycles. The Hall–Kier alpha value is -1.54. The predicted molar refractivity (Wildman–Crippen MR) is 58.5 cm³/mol. The lowest BCUT2D eigenvalue weighted by Gasteiger charge is -2.04. The van der Waals surface area contributed by atoms with Gasteiger partial charge >= 0.3 is 0 Å². The molecule has 0 saturated heterocycles. The molecule has 0 radical (unpaired) electrons. The second-order valence-electron chi connectivity index (χ2n) is 3.15. The molecular weight excluding hydrogens is 215 g/mol. The molecule has 0 aliphatic heterocycles. The number of phenols is 1. The molecule has 2 aromatic carbocycles. The Labute approximate surface area is 91.8 Å². The fourth-order valence-corrected chi connectivity index (χ4v) is 1.61. The number of halogens is 2. The largest absolute Gasteiger partial charge is 0.505 e. The van der Waals surface area contributed by atoms with Crippen molar-refractivity contribution in [3.8, 4) is 16.9 Å². The molecule has 2 rings (SSSR count). The van der Waals surface area contributed by atoms with Gasteiger partial charge in [0.2, 0.25) is 0 Å². The second kappa shape index (κ2) is 3.91. The molecule has 0 amide bonds. The third-order valence-electron chi connectivity index (χ3n) is 2.13. The Bertz CT molecular complexity index is 497. The smallest absolute Gasteiger partial charge is 0.165 e. The summed E-state index contributed by atoms with van der Waals surface area (Å²) in [6.45, 7) is 0. The van der Waals surface area contributed by atoms with E-state index in [-0.39, 0.29) is 5.75 Å². The van der Waals surface area contributed by atoms with Crippen LogP contribution >= 0.6 is 11.6 Å². The quantitative estimate of drug-likeness (QED) is 0.777. The maximum Gasteiger partial charge on any atom is 0.165 e. The van der Waals surface area contributed by atoms with Crippen LogP contribution in [0.4, 0.5) is 4.39 Å². The van der Waals surface area contributed by atoms with Crippen LogP contribution < -0.4 is 0 Å². The minimum absolute atomic E-state index is 0.356. The Morgan fingerprint density at radius 3 is 2.47 bits per heavy atom. The molecule has 0 saturated carbocycles. The van der Waals surface area contributed by atoms with Gasteiger partial charge in [0.15, 0.2) is 11.6 Å². The molecule has 0 unspecified atom stereocenters. The summed E-state index contributed by atoms with van der Waals surface area (Å²) in [4.78, 5) is 0. The van der Waals surface area contributed by atoms with Crippen molar-refractivity contribution < 1.29 is 9.50 Å². The van der Waals surface area contributed by atoms with Crippen molar-refractivity contribution in [3.63, 3.8) is 0 Å². The number of hydrogen-bond acceptors (Lipinski definition) is 1. The minimum atomic E-state index is -0.646. The van der Waals surface area contributed by atoms with Crippen LogP contribution in [0.25, 0.3) is 11.1 Å². The van der Waals surface area contributed by atoms with Crippen molar-refractivity contribution in [1.82, 2.24) is 0 Å². The average Bonchev–Trinajstić information content (AvgIpc) is 2.23. The highest BCUT2D eigenvalue weighted by atomic mass is 35.5. The summed E-state index contributed by atoms with van der Waals surface area (Å²) >= 11 is 5.97. The molecule has 0 atom stereocenters. The highest BCUT2D eigenvalue weighted by Gasteiger charge is 2.05. The number of phenolic OH excluding ortho intramolecular Hbond substituents is 1. The van der Waals surface area contributed by atoms with Gasteiger partial charge in [-0.15, -0.1) is 0 Å². The molecule has 0 aromatic heterocycles. The van der Waals surface area contributed by atoms with Gasteiger partial charge < -0.3 is 5.11 Å². The molecule has 0 fully saturated rings. The lowest BCUT2D eigenvalue weighted by Crippen LogP contribution is -1.82. The average molecular weight is 223 g/mol. The number of hydrogen-bond donors (Lipinski definition) is 1. The number of rotatable bonds is 1. The first-order valence-electron chi connectivity index (χ1n) is 4.42. The summed E-state index contributed by atoms with van der Waals surface area (Å²) in [6.07, 6.45) is 0. The van der Waals surface area contributed by atoms with Crippen LogP contribution in [-0.2, 0) is 0 Å². The normalized spacial score (nSPS) is 10.3. The van der Waals surface area contributed by atoms with Crippen molar-refractivity contribution >= 4 is 11.6 Å². The molecule has 15 heavy (non-hydrogen) atoms. The standard InChI is InChI=1S/C12H8ClFO/c13-10-4-2-1-3-9(10)8-5-6-12(15)11(14)7-8/h1-7,15H. The van der Waals surface area contributed by atoms with E-state index in [1.165, 1.54) is 12.1 Å². The van der Waals surface area contributed by atoms with Gasteiger partial charge in [0.25, 0.3) is 0 Å². The van der Waals surface area contributed by atoms with Gasteiger partial charge in [0.1, 0.15) is 0 Å². The lowest BCUT2D eigenvalue weighted by atomic mass is 10.1. The van der Waals surface area contributed by atoms with Crippen LogP contribution in [-0.4, -0.2) is 5.11 Å². The molecule has 2 aromatic rings. The third-order valence-corrected chi connectivity index (χ3v) is 2.46. The van der Waals surface area contributed by atoms with Gasteiger partial charge in [0.05, 0.1) is 0 Å². The van der Waals surface area contributed by atoms with E-state index < -0.39 is 5.82 Å². The highest BCUT2D eigenvalue weighted by molar-refractivity contribution is 6.33. The van der Waals surface area contributed by atoms with Crippen molar-refractivity contribution in [2.24, 2.45) is 0 Å². The first kappa shape index (κ1) is 9.99. The minimum Gasteiger partial charge on any atom is -0.505 e. The SMILES string of the molecule is Oc1ccc(-c2ccccc2Cl)cc1F. The van der Waals surface area contributed by atoms with Gasteiger partial charge in [-0.3, -0.25) is 0 Å². The van der Waals surface area contributed by atoms with E-state index in [4.69, 9.17) is 16.7 Å². The summed E-state index contributed by atoms with van der Waals surface area (Å²) in [5.74, 6) is -1.00. The maximum atomic E-state index is 13.1. The first-order chi connectivity index (χ1) is 7.18. The van der Waals surface area contributed by atoms with Crippen molar-refractivity contribution in [3.05, 3.63) is 53.3 Å². The van der Waals surface area contributed by atoms with Crippen LogP contribution in [0.3, 0.4) is 0 Å². The van der Waals surface area contributed by atoms with Crippen LogP contribution in [0, 0.1) is 5.82 Å². The first-order valence-corrected chi connectivity index (χ1v) is 4.79. The van der Waals surface area contributed by atoms with Gasteiger partial charge in [-0.1, -0.05) is 35.9 Å². The van der Waals surface area contributed by atoms with E-state index in [0.717, 1.165) is 5.56 Å². The molecular formula is C12H8ClFO. The van der Waals surface area contributed by atoms with Gasteiger partial charge in [-0.25, -0.2) is 4.39 Å². The van der Waals surface area contributed by atoms with Crippen LogP contribution in [0.1, 0.15) is 0 Å². The zero-order valence-corrected chi connectivity index (χ0v) is 8.50. The van der Waals surface area contributed by atoms with E-state index in [0.29, 0.717) is 10.6 Å². The van der Waals surface area contributed by atoms with E-state index in [2.05, 4.69) is 0 Å². The molecule has 0 aliphatic carbocycles. The third kappa shape index (κ3) is 1.95. The summed E-state index contributed by atoms with van der Waals surface area (Å²) in [5.41, 5.74) is 1.40. The molecule has 76 valence electrons. The van der Waals surface area contributed by atoms with Crippen LogP contribution in [0.2, 0.25) is 5.02 Å². The Kier molecular flexibility index (Phi) is 2.60. The Morgan fingerprint density at radius 1 is 1.07 bits per heavy atom. The van der Waals surface area contributed by atoms with Gasteiger partial charge in [-0.2, -0.15) is 0 Å². The van der Waals surface area contributed by atoms with E-state index in [9.17, 15) is 4.39 Å². The number of benzene rings is 2. The molecule has 0 bridgehead atoms. The Morgan fingerprint density at radius 2 is 1.80 bits per heavy atom. The summed E-state index contributed by atoms with van der Waals surface area (Å²) in [7, 11) is 0. The molecule has 1 nitrogen and oxygen atoms in total. The highest BCUT2D eigenvalue weighted by Crippen LogP contribution is 2.29. The lowest BCUT2D eigenvalue weighted by molar-refractivity contribution is 0.432. The fraction of sp³-hybridized carbons (Fsp3) is 0. The van der Waals surface area contributed by atoms with E-state index in [1.54, 1.807) is 18.2 Å². The van der Waals surface area contributed by atoms with Gasteiger partial charge in [-0.05, 0) is 23.8 Å². The molecule has 3 heteroatoms. The second-order valence-corrected chi connectivity index (χ2v) is 3.55. The summed E-state index contributed by atoms with van der Waals surface area (Å²) < 4.78 is 13.1. The predicted octanol–water partition coefficient (Wildman–Crippen LogP) is 3.85. The molecule has 1 N–H and O–H groups in total.